The molecule has 2 rings (SSSR count). The lowest BCUT2D eigenvalue weighted by molar-refractivity contribution is 0.240. The van der Waals surface area contributed by atoms with Crippen LogP contribution in [0.3, 0.4) is 0 Å². The van der Waals surface area contributed by atoms with E-state index in [0.717, 1.165) is 5.92 Å². The molecule has 3 atom stereocenters. The molecule has 0 aromatic rings. The molecule has 1 aliphatic carbocycles. The van der Waals surface area contributed by atoms with E-state index in [1.807, 2.05) is 0 Å². The van der Waals surface area contributed by atoms with Crippen molar-refractivity contribution in [1.29, 1.82) is 0 Å². The molecule has 0 bridgehead atoms. The van der Waals surface area contributed by atoms with Crippen LogP contribution in [0.1, 0.15) is 40.0 Å². The fraction of sp³-hybridized carbons (Fsp3) is 1.00. The average Bonchev–Trinajstić information content (AvgIpc) is 2.38. The van der Waals surface area contributed by atoms with Crippen molar-refractivity contribution in [2.75, 3.05) is 0 Å². The van der Waals surface area contributed by atoms with Crippen LogP contribution in [0.15, 0.2) is 0 Å². The quantitative estimate of drug-likeness (QED) is 0.470. The van der Waals surface area contributed by atoms with Crippen LogP contribution in [0.4, 0.5) is 0 Å². The molecular weight excluding hydrogens is 124 g/mol. The third-order valence-electron chi connectivity index (χ3n) is 3.68. The molecule has 1 nitrogen and oxygen atoms in total. The number of fused-ring (bicyclic) bond motifs is 1. The fourth-order valence-corrected chi connectivity index (χ4v) is 2.38. The summed E-state index contributed by atoms with van der Waals surface area (Å²) in [6.45, 7) is 6.82. The van der Waals surface area contributed by atoms with Gasteiger partial charge in [-0.3, -0.25) is 0 Å². The second kappa shape index (κ2) is 1.58. The third kappa shape index (κ3) is 0.572. The van der Waals surface area contributed by atoms with E-state index in [2.05, 4.69) is 20.8 Å². The van der Waals surface area contributed by atoms with E-state index >= 15 is 0 Å². The molecule has 1 saturated heterocycles. The van der Waals surface area contributed by atoms with Crippen LogP contribution in [0, 0.1) is 5.92 Å². The summed E-state index contributed by atoms with van der Waals surface area (Å²) in [5, 5.41) is 0. The summed E-state index contributed by atoms with van der Waals surface area (Å²) in [6, 6.07) is 0. The van der Waals surface area contributed by atoms with Gasteiger partial charge in [-0.25, -0.2) is 0 Å². The van der Waals surface area contributed by atoms with Gasteiger partial charge in [-0.1, -0.05) is 13.3 Å². The van der Waals surface area contributed by atoms with E-state index in [0.29, 0.717) is 0 Å². The van der Waals surface area contributed by atoms with Crippen molar-refractivity contribution < 1.29 is 4.74 Å². The maximum Gasteiger partial charge on any atom is 0.0974 e. The molecule has 3 unspecified atom stereocenters. The van der Waals surface area contributed by atoms with Crippen LogP contribution in [0.2, 0.25) is 0 Å². The van der Waals surface area contributed by atoms with Crippen LogP contribution in [0.25, 0.3) is 0 Å². The van der Waals surface area contributed by atoms with Crippen molar-refractivity contribution in [2.24, 2.45) is 5.92 Å². The molecule has 0 amide bonds. The Labute approximate surface area is 62.8 Å². The zero-order valence-electron chi connectivity index (χ0n) is 7.11. The van der Waals surface area contributed by atoms with Gasteiger partial charge >= 0.3 is 0 Å². The van der Waals surface area contributed by atoms with E-state index in [1.54, 1.807) is 0 Å². The zero-order chi connectivity index (χ0) is 7.41. The molecule has 0 radical (unpaired) electrons. The lowest BCUT2D eigenvalue weighted by atomic mass is 9.75. The van der Waals surface area contributed by atoms with Gasteiger partial charge in [-0.2, -0.15) is 0 Å². The minimum Gasteiger partial charge on any atom is -0.363 e. The van der Waals surface area contributed by atoms with Gasteiger partial charge in [0.15, 0.2) is 0 Å². The summed E-state index contributed by atoms with van der Waals surface area (Å²) in [4.78, 5) is 0. The van der Waals surface area contributed by atoms with Gasteiger partial charge in [0.1, 0.15) is 0 Å². The molecule has 2 aliphatic rings. The summed E-state index contributed by atoms with van der Waals surface area (Å²) in [6.07, 6.45) is 3.98. The molecule has 0 aromatic heterocycles. The van der Waals surface area contributed by atoms with Crippen molar-refractivity contribution in [2.45, 2.75) is 51.2 Å². The highest BCUT2D eigenvalue weighted by Crippen LogP contribution is 2.59. The number of hydrogen-bond donors (Lipinski definition) is 0. The number of hydrogen-bond acceptors (Lipinski definition) is 1. The molecule has 0 spiro atoms. The van der Waals surface area contributed by atoms with E-state index < -0.39 is 0 Å². The second-order valence-corrected chi connectivity index (χ2v) is 4.23. The SMILES string of the molecule is CC1CCCC2(C)OC12C. The van der Waals surface area contributed by atoms with Crippen molar-refractivity contribution in [3.63, 3.8) is 0 Å². The van der Waals surface area contributed by atoms with Crippen LogP contribution in [-0.2, 0) is 4.74 Å². The highest BCUT2D eigenvalue weighted by molar-refractivity contribution is 5.15. The normalized spacial score (nSPS) is 59.7. The van der Waals surface area contributed by atoms with Crippen molar-refractivity contribution >= 4 is 0 Å². The van der Waals surface area contributed by atoms with Gasteiger partial charge in [0, 0.05) is 0 Å². The predicted molar refractivity (Wildman–Crippen MR) is 40.9 cm³/mol. The van der Waals surface area contributed by atoms with Gasteiger partial charge in [-0.05, 0) is 32.6 Å². The molecule has 0 N–H and O–H groups in total. The van der Waals surface area contributed by atoms with Gasteiger partial charge in [0.25, 0.3) is 0 Å². The molecule has 1 aliphatic heterocycles. The molecule has 2 fully saturated rings. The first-order valence-electron chi connectivity index (χ1n) is 4.29. The zero-order valence-corrected chi connectivity index (χ0v) is 7.11. The van der Waals surface area contributed by atoms with Crippen LogP contribution < -0.4 is 0 Å². The molecule has 10 heavy (non-hydrogen) atoms. The molecule has 1 saturated carbocycles. The Morgan fingerprint density at radius 3 is 2.60 bits per heavy atom. The first-order chi connectivity index (χ1) is 4.58. The Morgan fingerprint density at radius 1 is 1.40 bits per heavy atom. The molecule has 1 heteroatoms. The minimum atomic E-state index is 0.241. The lowest BCUT2D eigenvalue weighted by Crippen LogP contribution is -2.31. The summed E-state index contributed by atoms with van der Waals surface area (Å²) in [7, 11) is 0. The Morgan fingerprint density at radius 2 is 2.10 bits per heavy atom. The molecule has 58 valence electrons. The standard InChI is InChI=1S/C9H16O/c1-7-5-4-6-8(2)9(7,3)10-8/h7H,4-6H2,1-3H3. The maximum atomic E-state index is 5.77. The van der Waals surface area contributed by atoms with Crippen LogP contribution in [-0.4, -0.2) is 11.2 Å². The van der Waals surface area contributed by atoms with E-state index in [9.17, 15) is 0 Å². The van der Waals surface area contributed by atoms with E-state index in [4.69, 9.17) is 4.74 Å². The number of rotatable bonds is 0. The average molecular weight is 140 g/mol. The lowest BCUT2D eigenvalue weighted by Gasteiger charge is -2.25. The van der Waals surface area contributed by atoms with Crippen molar-refractivity contribution in [1.82, 2.24) is 0 Å². The molecule has 1 heterocycles. The summed E-state index contributed by atoms with van der Waals surface area (Å²) >= 11 is 0. The highest BCUT2D eigenvalue weighted by Gasteiger charge is 2.66. The fourth-order valence-electron chi connectivity index (χ4n) is 2.38. The molecular formula is C9H16O. The largest absolute Gasteiger partial charge is 0.363 e. The topological polar surface area (TPSA) is 12.5 Å². The second-order valence-electron chi connectivity index (χ2n) is 4.23. The third-order valence-corrected chi connectivity index (χ3v) is 3.68. The summed E-state index contributed by atoms with van der Waals surface area (Å²) in [5.41, 5.74) is 0.496. The first kappa shape index (κ1) is 6.66. The van der Waals surface area contributed by atoms with Crippen molar-refractivity contribution in [3.05, 3.63) is 0 Å². The first-order valence-corrected chi connectivity index (χ1v) is 4.29. The predicted octanol–water partition coefficient (Wildman–Crippen LogP) is 2.35. The van der Waals surface area contributed by atoms with Gasteiger partial charge in [0.2, 0.25) is 0 Å². The Hall–Kier alpha value is -0.0400. The van der Waals surface area contributed by atoms with Crippen molar-refractivity contribution in [3.8, 4) is 0 Å². The van der Waals surface area contributed by atoms with Gasteiger partial charge in [0.05, 0.1) is 11.2 Å². The van der Waals surface area contributed by atoms with E-state index in [1.165, 1.54) is 19.3 Å². The summed E-state index contributed by atoms with van der Waals surface area (Å²) in [5.74, 6) is 0.770. The molecule has 0 aromatic carbocycles. The van der Waals surface area contributed by atoms with Crippen LogP contribution in [0.5, 0.6) is 0 Å². The monoisotopic (exact) mass is 140 g/mol. The minimum absolute atomic E-state index is 0.241. The number of epoxide rings is 1. The smallest absolute Gasteiger partial charge is 0.0974 e. The van der Waals surface area contributed by atoms with Gasteiger partial charge < -0.3 is 4.74 Å². The van der Waals surface area contributed by atoms with Crippen LogP contribution >= 0.6 is 0 Å². The Bertz CT molecular complexity index is 166. The summed E-state index contributed by atoms with van der Waals surface area (Å²) < 4.78 is 5.77. The number of ether oxygens (including phenoxy) is 1. The maximum absolute atomic E-state index is 5.77. The Balaban J connectivity index is 2.20. The highest BCUT2D eigenvalue weighted by atomic mass is 16.6. The van der Waals surface area contributed by atoms with E-state index in [-0.39, 0.29) is 11.2 Å². The Kier molecular flexibility index (Phi) is 1.05. The van der Waals surface area contributed by atoms with Gasteiger partial charge in [-0.15, -0.1) is 0 Å².